The van der Waals surface area contributed by atoms with Gasteiger partial charge >= 0.3 is 11.4 Å². The zero-order valence-corrected chi connectivity index (χ0v) is 13.4. The fraction of sp³-hybridized carbons (Fsp3) is 0.143. The molecule has 0 aliphatic rings. The molecule has 0 aliphatic heterocycles. The Kier molecular flexibility index (Phi) is 3.32. The maximum absolute atomic E-state index is 12.5. The lowest BCUT2D eigenvalue weighted by atomic mass is 10.1. The number of H-pyrrole nitrogens is 2. The first-order valence-corrected chi connectivity index (χ1v) is 7.21. The lowest BCUT2D eigenvalue weighted by molar-refractivity contribution is -0.374. The molecule has 1 aromatic carbocycles. The largest absolute Gasteiger partial charge is 0.439 e. The highest BCUT2D eigenvalue weighted by Gasteiger charge is 2.21. The molecule has 3 rings (SSSR count). The summed E-state index contributed by atoms with van der Waals surface area (Å²) in [5.41, 5.74) is -0.269. The molecule has 2 heterocycles. The van der Waals surface area contributed by atoms with Crippen LogP contribution >= 0.6 is 15.9 Å². The highest BCUT2D eigenvalue weighted by molar-refractivity contribution is 9.10. The van der Waals surface area contributed by atoms with E-state index in [-0.39, 0.29) is 11.0 Å². The van der Waals surface area contributed by atoms with Gasteiger partial charge in [0.25, 0.3) is 5.56 Å². The molecular weight excluding hydrogens is 352 g/mol. The lowest BCUT2D eigenvalue weighted by Gasteiger charge is -2.07. The average molecular weight is 364 g/mol. The van der Waals surface area contributed by atoms with Gasteiger partial charge in [0.15, 0.2) is 5.39 Å². The molecule has 0 amide bonds. The Morgan fingerprint density at radius 1 is 1.09 bits per heavy atom. The summed E-state index contributed by atoms with van der Waals surface area (Å²) >= 11 is 3.41. The zero-order valence-electron chi connectivity index (χ0n) is 11.8. The summed E-state index contributed by atoms with van der Waals surface area (Å²) in [5.74, 6) is 0. The number of fused-ring (bicyclic) bond motifs is 1. The van der Waals surface area contributed by atoms with Crippen molar-refractivity contribution < 1.29 is 4.98 Å². The Balaban J connectivity index is 2.63. The summed E-state index contributed by atoms with van der Waals surface area (Å²) in [6.07, 6.45) is 0. The van der Waals surface area contributed by atoms with Crippen LogP contribution in [0.2, 0.25) is 0 Å². The molecule has 22 heavy (non-hydrogen) atoms. The molecule has 0 spiro atoms. The number of nitrogens with one attached hydrogen (secondary N) is 2. The van der Waals surface area contributed by atoms with Gasteiger partial charge in [-0.15, -0.1) is 0 Å². The minimum Gasteiger partial charge on any atom is -0.268 e. The van der Waals surface area contributed by atoms with Crippen LogP contribution in [0.1, 0.15) is 0 Å². The van der Waals surface area contributed by atoms with Crippen molar-refractivity contribution in [3.63, 3.8) is 0 Å². The van der Waals surface area contributed by atoms with Gasteiger partial charge in [0.2, 0.25) is 5.65 Å². The van der Waals surface area contributed by atoms with Crippen molar-refractivity contribution in [2.75, 3.05) is 0 Å². The molecule has 8 heteroatoms. The van der Waals surface area contributed by atoms with Crippen molar-refractivity contribution in [2.24, 2.45) is 14.1 Å². The summed E-state index contributed by atoms with van der Waals surface area (Å²) < 4.78 is 2.98. The van der Waals surface area contributed by atoms with E-state index in [0.717, 1.165) is 9.04 Å². The smallest absolute Gasteiger partial charge is 0.268 e. The Labute approximate surface area is 132 Å². The van der Waals surface area contributed by atoms with Crippen LogP contribution in [-0.4, -0.2) is 14.1 Å². The van der Waals surface area contributed by atoms with Gasteiger partial charge < -0.3 is 0 Å². The quantitative estimate of drug-likeness (QED) is 0.667. The highest BCUT2D eigenvalue weighted by Crippen LogP contribution is 2.28. The summed E-state index contributed by atoms with van der Waals surface area (Å²) in [4.78, 5) is 41.6. The fourth-order valence-electron chi connectivity index (χ4n) is 2.40. The van der Waals surface area contributed by atoms with Crippen LogP contribution in [0.15, 0.2) is 43.1 Å². The molecule has 0 radical (unpaired) electrons. The van der Waals surface area contributed by atoms with Crippen molar-refractivity contribution >= 4 is 27.0 Å². The third-order valence-electron chi connectivity index (χ3n) is 3.53. The van der Waals surface area contributed by atoms with Crippen molar-refractivity contribution in [3.05, 3.63) is 60.1 Å². The van der Waals surface area contributed by atoms with E-state index in [0.29, 0.717) is 11.3 Å². The molecule has 0 saturated carbocycles. The summed E-state index contributed by atoms with van der Waals surface area (Å²) in [6, 6.07) is 7.21. The monoisotopic (exact) mass is 363 g/mol. The van der Waals surface area contributed by atoms with E-state index in [9.17, 15) is 14.4 Å². The van der Waals surface area contributed by atoms with Crippen molar-refractivity contribution in [1.82, 2.24) is 14.1 Å². The summed E-state index contributed by atoms with van der Waals surface area (Å²) in [6.45, 7) is 0. The molecule has 0 fully saturated rings. The van der Waals surface area contributed by atoms with Crippen molar-refractivity contribution in [1.29, 1.82) is 0 Å². The van der Waals surface area contributed by atoms with Crippen LogP contribution < -0.4 is 21.9 Å². The van der Waals surface area contributed by atoms with E-state index in [1.807, 2.05) is 12.1 Å². The molecule has 0 atom stereocenters. The number of hydrogen-bond acceptors (Lipinski definition) is 3. The molecule has 0 bridgehead atoms. The molecule has 7 nitrogen and oxygen atoms in total. The van der Waals surface area contributed by atoms with E-state index in [4.69, 9.17) is 0 Å². The number of aromatic nitrogens is 4. The minimum absolute atomic E-state index is 0.183. The fourth-order valence-corrected chi connectivity index (χ4v) is 2.88. The van der Waals surface area contributed by atoms with E-state index in [1.54, 1.807) is 12.1 Å². The lowest BCUT2D eigenvalue weighted by Crippen LogP contribution is -2.43. The topological polar surface area (TPSA) is 91.0 Å². The molecule has 0 aliphatic carbocycles. The van der Waals surface area contributed by atoms with E-state index >= 15 is 0 Å². The van der Waals surface area contributed by atoms with E-state index in [1.165, 1.54) is 18.7 Å². The number of benzene rings is 1. The standard InChI is InChI=1S/C14H11BrN4O3/c1-18-11-9(12(20)19(2)14(18)22)10(16-13(21)17-11)7-5-3-4-6-8(7)15/h3-6H,1-2H3,(H,16,17,21)/p+1. The SMILES string of the molecule is Cn1c(=O)c2c(-c3ccccc3Br)[nH]c(=O)[nH+]c2n(C)c1=O. The number of halogens is 1. The second-order valence-electron chi connectivity index (χ2n) is 4.86. The Morgan fingerprint density at radius 2 is 1.77 bits per heavy atom. The van der Waals surface area contributed by atoms with E-state index < -0.39 is 16.9 Å². The molecule has 0 saturated heterocycles. The third kappa shape index (κ3) is 2.03. The molecule has 112 valence electrons. The van der Waals surface area contributed by atoms with Gasteiger partial charge in [-0.05, 0) is 6.07 Å². The molecular formula is C14H12BrN4O3+. The van der Waals surface area contributed by atoms with Gasteiger partial charge in [0, 0.05) is 17.1 Å². The van der Waals surface area contributed by atoms with Gasteiger partial charge in [-0.2, -0.15) is 0 Å². The van der Waals surface area contributed by atoms with Crippen molar-refractivity contribution in [2.45, 2.75) is 0 Å². The minimum atomic E-state index is -0.502. The maximum atomic E-state index is 12.5. The number of nitrogens with zero attached hydrogens (tertiary/aromatic N) is 2. The Hall–Kier alpha value is -2.48. The van der Waals surface area contributed by atoms with Gasteiger partial charge in [0.05, 0.1) is 7.05 Å². The molecule has 2 aromatic heterocycles. The van der Waals surface area contributed by atoms with Gasteiger partial charge in [-0.1, -0.05) is 34.1 Å². The number of aromatic amines is 2. The van der Waals surface area contributed by atoms with Crippen LogP contribution in [0.25, 0.3) is 22.3 Å². The van der Waals surface area contributed by atoms with Gasteiger partial charge in [0.1, 0.15) is 5.69 Å². The molecule has 0 unspecified atom stereocenters. The molecule has 3 aromatic rings. The van der Waals surface area contributed by atoms with Gasteiger partial charge in [-0.3, -0.25) is 4.79 Å². The van der Waals surface area contributed by atoms with Crippen LogP contribution in [0.5, 0.6) is 0 Å². The first-order chi connectivity index (χ1) is 10.4. The third-order valence-corrected chi connectivity index (χ3v) is 4.22. The number of aryl methyl sites for hydroxylation is 1. The van der Waals surface area contributed by atoms with Gasteiger partial charge in [-0.25, -0.2) is 28.7 Å². The van der Waals surface area contributed by atoms with Crippen LogP contribution in [0.3, 0.4) is 0 Å². The number of hydrogen-bond donors (Lipinski definition) is 1. The van der Waals surface area contributed by atoms with Crippen LogP contribution in [-0.2, 0) is 14.1 Å². The predicted octanol–water partition coefficient (Wildman–Crippen LogP) is 0.169. The average Bonchev–Trinajstić information content (AvgIpc) is 2.50. The van der Waals surface area contributed by atoms with Crippen LogP contribution in [0, 0.1) is 0 Å². The first kappa shape index (κ1) is 14.5. The summed E-state index contributed by atoms with van der Waals surface area (Å²) in [7, 11) is 2.91. The summed E-state index contributed by atoms with van der Waals surface area (Å²) in [5, 5.41) is 0.246. The highest BCUT2D eigenvalue weighted by atomic mass is 79.9. The molecule has 2 N–H and O–H groups in total. The first-order valence-electron chi connectivity index (χ1n) is 6.42. The van der Waals surface area contributed by atoms with Crippen molar-refractivity contribution in [3.8, 4) is 11.3 Å². The number of rotatable bonds is 1. The Bertz CT molecular complexity index is 1080. The second-order valence-corrected chi connectivity index (χ2v) is 5.72. The second kappa shape index (κ2) is 5.06. The van der Waals surface area contributed by atoms with Crippen LogP contribution in [0.4, 0.5) is 0 Å². The maximum Gasteiger partial charge on any atom is 0.439 e. The predicted molar refractivity (Wildman–Crippen MR) is 84.7 cm³/mol. The Morgan fingerprint density at radius 3 is 2.45 bits per heavy atom. The zero-order chi connectivity index (χ0) is 16.0. The normalized spacial score (nSPS) is 11.0. The van der Waals surface area contributed by atoms with E-state index in [2.05, 4.69) is 25.9 Å².